The third-order valence-electron chi connectivity index (χ3n) is 8.32. The molecular formula is C29H36F4N5O9PS. The molecule has 3 heterocycles. The van der Waals surface area contributed by atoms with Crippen LogP contribution in [0.15, 0.2) is 24.3 Å². The third-order valence-corrected chi connectivity index (χ3v) is 11.0. The largest absolute Gasteiger partial charge is 0.480 e. The van der Waals surface area contributed by atoms with Crippen molar-refractivity contribution in [2.24, 2.45) is 5.73 Å². The number of fused-ring (bicyclic) bond motifs is 2. The maximum absolute atomic E-state index is 14.8. The molecule has 1 aromatic carbocycles. The summed E-state index contributed by atoms with van der Waals surface area (Å²) in [5.74, 6) is -4.62. The molecule has 2 saturated heterocycles. The van der Waals surface area contributed by atoms with Crippen molar-refractivity contribution in [2.45, 2.75) is 75.3 Å². The van der Waals surface area contributed by atoms with Crippen LogP contribution < -0.4 is 16.4 Å². The number of alkyl halides is 4. The average molecular weight is 738 g/mol. The van der Waals surface area contributed by atoms with E-state index in [1.807, 2.05) is 0 Å². The standard InChI is InChI=1S/C29H36F4N5O9PS/c1-2-47-48(45,46)29(32,33)16-3-7-21-15(11-16)12-22(49-21)26(41)36-19-13-37(14-23(30)31)10-9-17-4-6-20(38(17)27(19)42)25(40)35-18(28(43)44)5-8-24(34)39/h3,7,11-12,17-20,23H,2,4-6,8-10,13-14H2,1H3,(H2,34,39)(H,35,40)(H,36,41)(H,43,44)(H,45,46)/t17-,18?,19+,20+/m1/s1. The summed E-state index contributed by atoms with van der Waals surface area (Å²) in [4.78, 5) is 75.9. The molecule has 49 heavy (non-hydrogen) atoms. The second kappa shape index (κ2) is 15.5. The van der Waals surface area contributed by atoms with Gasteiger partial charge in [-0.15, -0.1) is 11.3 Å². The first kappa shape index (κ1) is 38.2. The molecule has 5 atom stereocenters. The number of benzene rings is 1. The van der Waals surface area contributed by atoms with Crippen molar-refractivity contribution in [3.05, 3.63) is 34.7 Å². The summed E-state index contributed by atoms with van der Waals surface area (Å²) in [5, 5.41) is 14.5. The van der Waals surface area contributed by atoms with Crippen molar-refractivity contribution in [3.8, 4) is 0 Å². The van der Waals surface area contributed by atoms with Crippen LogP contribution in [0.3, 0.4) is 0 Å². The number of carbonyl (C=O) groups excluding carboxylic acids is 4. The highest BCUT2D eigenvalue weighted by atomic mass is 32.1. The Bertz CT molecular complexity index is 1650. The highest BCUT2D eigenvalue weighted by molar-refractivity contribution is 7.53. The van der Waals surface area contributed by atoms with Crippen LogP contribution in [0.25, 0.3) is 10.1 Å². The molecular weight excluding hydrogens is 701 g/mol. The fourth-order valence-corrected chi connectivity index (χ4v) is 7.89. The molecule has 2 aliphatic rings. The molecule has 2 aliphatic heterocycles. The van der Waals surface area contributed by atoms with Gasteiger partial charge in [-0.25, -0.2) is 13.6 Å². The number of carboxylic acids is 1. The molecule has 14 nitrogen and oxygen atoms in total. The molecule has 0 aliphatic carbocycles. The van der Waals surface area contributed by atoms with Gasteiger partial charge in [-0.2, -0.15) is 8.78 Å². The molecule has 0 saturated carbocycles. The number of carbonyl (C=O) groups is 5. The Morgan fingerprint density at radius 3 is 2.53 bits per heavy atom. The monoisotopic (exact) mass is 737 g/mol. The number of nitrogens with zero attached hydrogens (tertiary/aromatic N) is 2. The van der Waals surface area contributed by atoms with E-state index < -0.39 is 92.2 Å². The number of amides is 4. The molecule has 4 rings (SSSR count). The van der Waals surface area contributed by atoms with Crippen LogP contribution in [0.5, 0.6) is 0 Å². The Labute approximate surface area is 281 Å². The molecule has 6 N–H and O–H groups in total. The van der Waals surface area contributed by atoms with Gasteiger partial charge < -0.3 is 35.8 Å². The van der Waals surface area contributed by atoms with Crippen molar-refractivity contribution in [1.29, 1.82) is 0 Å². The number of rotatable bonds is 14. The fraction of sp³-hybridized carbons (Fsp3) is 0.552. The Morgan fingerprint density at radius 1 is 1.18 bits per heavy atom. The minimum Gasteiger partial charge on any atom is -0.480 e. The molecule has 2 aromatic rings. The number of carboxylic acid groups (broad SMARTS) is 1. The van der Waals surface area contributed by atoms with Gasteiger partial charge in [0.05, 0.1) is 18.0 Å². The molecule has 270 valence electrons. The van der Waals surface area contributed by atoms with Gasteiger partial charge in [0.1, 0.15) is 18.1 Å². The van der Waals surface area contributed by atoms with Gasteiger partial charge in [-0.1, -0.05) is 6.07 Å². The lowest BCUT2D eigenvalue weighted by atomic mass is 10.1. The zero-order chi connectivity index (χ0) is 36.3. The van der Waals surface area contributed by atoms with Gasteiger partial charge in [0.15, 0.2) is 0 Å². The Balaban J connectivity index is 1.59. The summed E-state index contributed by atoms with van der Waals surface area (Å²) in [6.07, 6.45) is -2.74. The minimum atomic E-state index is -5.39. The summed E-state index contributed by atoms with van der Waals surface area (Å²) in [5.41, 5.74) is 0.0158. The second-order valence-corrected chi connectivity index (χ2v) is 14.6. The van der Waals surface area contributed by atoms with E-state index >= 15 is 0 Å². The Kier molecular flexibility index (Phi) is 12.1. The van der Waals surface area contributed by atoms with Crippen LogP contribution >= 0.6 is 18.9 Å². The number of hydrogen-bond acceptors (Lipinski definition) is 9. The van der Waals surface area contributed by atoms with Crippen molar-refractivity contribution in [3.63, 3.8) is 0 Å². The second-order valence-electron chi connectivity index (χ2n) is 11.7. The van der Waals surface area contributed by atoms with Crippen LogP contribution in [0.1, 0.15) is 54.3 Å². The lowest BCUT2D eigenvalue weighted by molar-refractivity contribution is -0.146. The summed E-state index contributed by atoms with van der Waals surface area (Å²) < 4.78 is 73.5. The number of primary amides is 1. The van der Waals surface area contributed by atoms with Gasteiger partial charge >= 0.3 is 19.2 Å². The molecule has 1 aromatic heterocycles. The van der Waals surface area contributed by atoms with Crippen molar-refractivity contribution in [1.82, 2.24) is 20.4 Å². The maximum Gasteiger partial charge on any atom is 0.401 e. The van der Waals surface area contributed by atoms with Crippen LogP contribution in [0.2, 0.25) is 0 Å². The maximum atomic E-state index is 14.8. The molecule has 2 fully saturated rings. The number of hydrogen-bond donors (Lipinski definition) is 5. The van der Waals surface area contributed by atoms with E-state index in [4.69, 9.17) is 5.73 Å². The van der Waals surface area contributed by atoms with Crippen molar-refractivity contribution >= 4 is 58.6 Å². The lowest BCUT2D eigenvalue weighted by Crippen LogP contribution is -2.61. The highest BCUT2D eigenvalue weighted by Gasteiger charge is 2.52. The highest BCUT2D eigenvalue weighted by Crippen LogP contribution is 2.63. The minimum absolute atomic E-state index is 0.0475. The van der Waals surface area contributed by atoms with Crippen LogP contribution in [-0.4, -0.2) is 106 Å². The first-order chi connectivity index (χ1) is 22.9. The molecule has 0 radical (unpaired) electrons. The summed E-state index contributed by atoms with van der Waals surface area (Å²) in [6.45, 7) is -0.124. The van der Waals surface area contributed by atoms with E-state index in [0.29, 0.717) is 11.1 Å². The zero-order valence-corrected chi connectivity index (χ0v) is 27.9. The van der Waals surface area contributed by atoms with Gasteiger partial charge in [-0.05, 0) is 56.2 Å². The van der Waals surface area contributed by atoms with Gasteiger partial charge in [-0.3, -0.25) is 28.6 Å². The lowest BCUT2D eigenvalue weighted by Gasteiger charge is -2.38. The van der Waals surface area contributed by atoms with E-state index in [2.05, 4.69) is 15.2 Å². The SMILES string of the molecule is CCOP(=O)(O)C(F)(F)c1ccc2sc(C(=O)N[C@H]3CN(CC(F)F)CC[C@H]4CC[C@@H](C(=O)NC(CCC(N)=O)C(=O)O)N4C3=O)cc2c1. The Hall–Kier alpha value is -3.64. The van der Waals surface area contributed by atoms with Crippen molar-refractivity contribution in [2.75, 3.05) is 26.2 Å². The first-order valence-corrected chi connectivity index (χ1v) is 17.7. The van der Waals surface area contributed by atoms with E-state index in [9.17, 15) is 56.1 Å². The predicted molar refractivity (Wildman–Crippen MR) is 167 cm³/mol. The van der Waals surface area contributed by atoms with Gasteiger partial charge in [0, 0.05) is 35.8 Å². The molecule has 4 amide bonds. The quantitative estimate of drug-likeness (QED) is 0.141. The normalized spacial score (nSPS) is 22.2. The fourth-order valence-electron chi connectivity index (χ4n) is 5.97. The van der Waals surface area contributed by atoms with Gasteiger partial charge in [0.25, 0.3) is 12.3 Å². The number of halogens is 4. The van der Waals surface area contributed by atoms with Crippen LogP contribution in [0, 0.1) is 0 Å². The molecule has 20 heteroatoms. The number of nitrogens with two attached hydrogens (primary N) is 1. The summed E-state index contributed by atoms with van der Waals surface area (Å²) in [6, 6.07) is -0.356. The third kappa shape index (κ3) is 8.75. The number of thiophene rings is 1. The summed E-state index contributed by atoms with van der Waals surface area (Å²) in [7, 11) is -5.39. The topological polar surface area (TPSA) is 209 Å². The molecule has 2 unspecified atom stereocenters. The average Bonchev–Trinajstić information content (AvgIpc) is 3.64. The van der Waals surface area contributed by atoms with E-state index in [1.54, 1.807) is 0 Å². The molecule has 0 bridgehead atoms. The summed E-state index contributed by atoms with van der Waals surface area (Å²) >= 11 is 0.863. The molecule has 0 spiro atoms. The smallest absolute Gasteiger partial charge is 0.401 e. The van der Waals surface area contributed by atoms with Crippen LogP contribution in [0.4, 0.5) is 17.6 Å². The van der Waals surface area contributed by atoms with Gasteiger partial charge in [0.2, 0.25) is 17.7 Å². The van der Waals surface area contributed by atoms with E-state index in [1.165, 1.54) is 28.9 Å². The number of aliphatic carboxylic acids is 1. The number of nitrogens with one attached hydrogen (secondary N) is 2. The van der Waals surface area contributed by atoms with E-state index in [0.717, 1.165) is 23.5 Å². The van der Waals surface area contributed by atoms with Crippen LogP contribution in [-0.2, 0) is 33.9 Å². The van der Waals surface area contributed by atoms with E-state index in [-0.39, 0.29) is 49.0 Å². The zero-order valence-electron chi connectivity index (χ0n) is 26.2. The first-order valence-electron chi connectivity index (χ1n) is 15.3. The predicted octanol–water partition coefficient (Wildman–Crippen LogP) is 2.44. The Morgan fingerprint density at radius 2 is 1.90 bits per heavy atom. The van der Waals surface area contributed by atoms with Crippen molar-refractivity contribution < 1.29 is 60.6 Å².